The number of nitrogens with zero attached hydrogens (tertiary/aromatic N) is 2. The van der Waals surface area contributed by atoms with Crippen LogP contribution in [0.4, 0.5) is 8.78 Å². The standard InChI is InChI=1S/C17H16F2N2O3/c18-13-4-3-11(8-14(13)19)16-10-21(6-7-24-16)9-15-12(17(22)23)2-1-5-20-15/h1-5,8,16H,6-7,9-10H2,(H,22,23). The Morgan fingerprint density at radius 2 is 2.17 bits per heavy atom. The number of hydrogen-bond donors (Lipinski definition) is 1. The average molecular weight is 334 g/mol. The molecule has 1 unspecified atom stereocenters. The number of carboxylic acids is 1. The molecular formula is C17H16F2N2O3. The van der Waals surface area contributed by atoms with Crippen LogP contribution in [-0.2, 0) is 11.3 Å². The van der Waals surface area contributed by atoms with Gasteiger partial charge in [-0.25, -0.2) is 13.6 Å². The molecule has 3 rings (SSSR count). The molecule has 1 aliphatic heterocycles. The summed E-state index contributed by atoms with van der Waals surface area (Å²) in [5, 5.41) is 9.22. The summed E-state index contributed by atoms with van der Waals surface area (Å²) >= 11 is 0. The second kappa shape index (κ2) is 7.02. The first kappa shape index (κ1) is 16.5. The van der Waals surface area contributed by atoms with Gasteiger partial charge in [-0.05, 0) is 29.8 Å². The molecule has 24 heavy (non-hydrogen) atoms. The third-order valence-corrected chi connectivity index (χ3v) is 3.96. The molecule has 1 fully saturated rings. The number of aromatic carboxylic acids is 1. The van der Waals surface area contributed by atoms with E-state index in [-0.39, 0.29) is 5.56 Å². The van der Waals surface area contributed by atoms with Gasteiger partial charge in [-0.3, -0.25) is 9.88 Å². The monoisotopic (exact) mass is 334 g/mol. The van der Waals surface area contributed by atoms with Crippen LogP contribution in [0.25, 0.3) is 0 Å². The van der Waals surface area contributed by atoms with Gasteiger partial charge >= 0.3 is 5.97 Å². The van der Waals surface area contributed by atoms with Crippen LogP contribution >= 0.6 is 0 Å². The predicted octanol–water partition coefficient (Wildman–Crippen LogP) is 2.63. The maximum Gasteiger partial charge on any atom is 0.337 e. The van der Waals surface area contributed by atoms with Gasteiger partial charge in [0.15, 0.2) is 11.6 Å². The Kier molecular flexibility index (Phi) is 4.82. The minimum absolute atomic E-state index is 0.161. The van der Waals surface area contributed by atoms with Crippen molar-refractivity contribution in [3.05, 3.63) is 65.0 Å². The van der Waals surface area contributed by atoms with Gasteiger partial charge < -0.3 is 9.84 Å². The first-order valence-corrected chi connectivity index (χ1v) is 7.50. The quantitative estimate of drug-likeness (QED) is 0.931. The van der Waals surface area contributed by atoms with Crippen LogP contribution in [0.1, 0.15) is 27.7 Å². The van der Waals surface area contributed by atoms with Crippen molar-refractivity contribution in [2.24, 2.45) is 0 Å². The molecule has 0 radical (unpaired) electrons. The van der Waals surface area contributed by atoms with E-state index in [0.717, 1.165) is 12.1 Å². The lowest BCUT2D eigenvalue weighted by Crippen LogP contribution is -2.38. The summed E-state index contributed by atoms with van der Waals surface area (Å²) in [6.07, 6.45) is 1.15. The third kappa shape index (κ3) is 3.58. The molecule has 0 bridgehead atoms. The molecule has 1 atom stereocenters. The van der Waals surface area contributed by atoms with E-state index in [0.29, 0.717) is 37.5 Å². The van der Waals surface area contributed by atoms with Gasteiger partial charge in [0.25, 0.3) is 0 Å². The molecule has 2 aromatic rings. The van der Waals surface area contributed by atoms with Crippen LogP contribution in [0.5, 0.6) is 0 Å². The van der Waals surface area contributed by atoms with Crippen LogP contribution in [0.3, 0.4) is 0 Å². The number of ether oxygens (including phenoxy) is 1. The topological polar surface area (TPSA) is 62.7 Å². The Balaban J connectivity index is 1.74. The first-order chi connectivity index (χ1) is 11.5. The van der Waals surface area contributed by atoms with E-state index < -0.39 is 23.7 Å². The summed E-state index contributed by atoms with van der Waals surface area (Å²) in [5.41, 5.74) is 1.18. The number of rotatable bonds is 4. The molecule has 1 aliphatic rings. The van der Waals surface area contributed by atoms with Gasteiger partial charge in [-0.1, -0.05) is 6.07 Å². The molecule has 1 N–H and O–H groups in total. The van der Waals surface area contributed by atoms with Crippen molar-refractivity contribution < 1.29 is 23.4 Å². The highest BCUT2D eigenvalue weighted by Gasteiger charge is 2.24. The Hall–Kier alpha value is -2.38. The Labute approximate surface area is 137 Å². The van der Waals surface area contributed by atoms with Crippen molar-refractivity contribution in [1.82, 2.24) is 9.88 Å². The largest absolute Gasteiger partial charge is 0.478 e. The van der Waals surface area contributed by atoms with Gasteiger partial charge in [0, 0.05) is 25.8 Å². The molecule has 0 spiro atoms. The molecule has 1 aromatic carbocycles. The predicted molar refractivity (Wildman–Crippen MR) is 81.5 cm³/mol. The maximum absolute atomic E-state index is 13.4. The highest BCUT2D eigenvalue weighted by atomic mass is 19.2. The van der Waals surface area contributed by atoms with Crippen molar-refractivity contribution in [2.75, 3.05) is 19.7 Å². The van der Waals surface area contributed by atoms with Gasteiger partial charge in [0.1, 0.15) is 0 Å². The zero-order valence-corrected chi connectivity index (χ0v) is 12.8. The molecule has 7 heteroatoms. The van der Waals surface area contributed by atoms with Crippen LogP contribution in [0.2, 0.25) is 0 Å². The van der Waals surface area contributed by atoms with E-state index >= 15 is 0 Å². The molecule has 2 heterocycles. The Morgan fingerprint density at radius 3 is 2.92 bits per heavy atom. The number of halogens is 2. The third-order valence-electron chi connectivity index (χ3n) is 3.96. The minimum atomic E-state index is -1.02. The van der Waals surface area contributed by atoms with Crippen LogP contribution in [0.15, 0.2) is 36.5 Å². The minimum Gasteiger partial charge on any atom is -0.478 e. The Morgan fingerprint density at radius 1 is 1.33 bits per heavy atom. The lowest BCUT2D eigenvalue weighted by molar-refractivity contribution is -0.0335. The molecule has 0 amide bonds. The van der Waals surface area contributed by atoms with Gasteiger partial charge in [0.05, 0.1) is 24.0 Å². The summed E-state index contributed by atoms with van der Waals surface area (Å²) in [6.45, 7) is 1.82. The van der Waals surface area contributed by atoms with Crippen molar-refractivity contribution in [3.8, 4) is 0 Å². The molecule has 0 saturated carbocycles. The zero-order chi connectivity index (χ0) is 17.1. The summed E-state index contributed by atoms with van der Waals surface area (Å²) < 4.78 is 32.1. The van der Waals surface area contributed by atoms with E-state index in [1.807, 2.05) is 4.90 Å². The number of morpholine rings is 1. The van der Waals surface area contributed by atoms with Crippen LogP contribution in [-0.4, -0.2) is 40.7 Å². The lowest BCUT2D eigenvalue weighted by atomic mass is 10.1. The molecule has 1 saturated heterocycles. The van der Waals surface area contributed by atoms with Crippen molar-refractivity contribution >= 4 is 5.97 Å². The van der Waals surface area contributed by atoms with Crippen LogP contribution in [0, 0.1) is 11.6 Å². The van der Waals surface area contributed by atoms with E-state index in [9.17, 15) is 18.7 Å². The molecule has 0 aliphatic carbocycles. The number of benzene rings is 1. The highest BCUT2D eigenvalue weighted by Crippen LogP contribution is 2.25. The zero-order valence-electron chi connectivity index (χ0n) is 12.8. The second-order valence-electron chi connectivity index (χ2n) is 5.57. The summed E-state index contributed by atoms with van der Waals surface area (Å²) in [6, 6.07) is 6.80. The number of carboxylic acid groups (broad SMARTS) is 1. The summed E-state index contributed by atoms with van der Waals surface area (Å²) in [5.74, 6) is -2.83. The van der Waals surface area contributed by atoms with Crippen molar-refractivity contribution in [1.29, 1.82) is 0 Å². The maximum atomic E-state index is 13.4. The van der Waals surface area contributed by atoms with Gasteiger partial charge in [0.2, 0.25) is 0 Å². The van der Waals surface area contributed by atoms with E-state index in [4.69, 9.17) is 4.74 Å². The van der Waals surface area contributed by atoms with E-state index in [1.54, 1.807) is 12.3 Å². The first-order valence-electron chi connectivity index (χ1n) is 7.50. The van der Waals surface area contributed by atoms with Gasteiger partial charge in [-0.15, -0.1) is 0 Å². The Bertz CT molecular complexity index is 754. The number of aromatic nitrogens is 1. The lowest BCUT2D eigenvalue weighted by Gasteiger charge is -2.33. The molecular weight excluding hydrogens is 318 g/mol. The number of carbonyl (C=O) groups is 1. The van der Waals surface area contributed by atoms with Crippen molar-refractivity contribution in [3.63, 3.8) is 0 Å². The number of hydrogen-bond acceptors (Lipinski definition) is 4. The van der Waals surface area contributed by atoms with E-state index in [1.165, 1.54) is 12.1 Å². The fourth-order valence-corrected chi connectivity index (χ4v) is 2.73. The molecule has 126 valence electrons. The smallest absolute Gasteiger partial charge is 0.337 e. The fraction of sp³-hybridized carbons (Fsp3) is 0.294. The average Bonchev–Trinajstić information content (AvgIpc) is 2.58. The molecule has 1 aromatic heterocycles. The molecule has 5 nitrogen and oxygen atoms in total. The van der Waals surface area contributed by atoms with Crippen molar-refractivity contribution in [2.45, 2.75) is 12.6 Å². The van der Waals surface area contributed by atoms with Crippen LogP contribution < -0.4 is 0 Å². The fourth-order valence-electron chi connectivity index (χ4n) is 2.73. The van der Waals surface area contributed by atoms with E-state index in [2.05, 4.69) is 4.98 Å². The number of pyridine rings is 1. The second-order valence-corrected chi connectivity index (χ2v) is 5.57. The summed E-state index contributed by atoms with van der Waals surface area (Å²) in [4.78, 5) is 17.4. The normalized spacial score (nSPS) is 18.5. The summed E-state index contributed by atoms with van der Waals surface area (Å²) in [7, 11) is 0. The highest BCUT2D eigenvalue weighted by molar-refractivity contribution is 5.88. The SMILES string of the molecule is O=C(O)c1cccnc1CN1CCOC(c2ccc(F)c(F)c2)C1. The van der Waals surface area contributed by atoms with Gasteiger partial charge in [-0.2, -0.15) is 0 Å².